The zero-order chi connectivity index (χ0) is 18.1. The highest BCUT2D eigenvalue weighted by Gasteiger charge is 2.28. The van der Waals surface area contributed by atoms with E-state index in [1.54, 1.807) is 0 Å². The molecule has 2 aliphatic heterocycles. The molecule has 2 aromatic rings. The van der Waals surface area contributed by atoms with Crippen molar-refractivity contribution >= 4 is 28.7 Å². The minimum Gasteiger partial charge on any atom is -0.354 e. The van der Waals surface area contributed by atoms with Crippen LogP contribution in [0.2, 0.25) is 0 Å². The molecular weight excluding hydrogens is 334 g/mol. The van der Waals surface area contributed by atoms with E-state index >= 15 is 0 Å². The number of piperazine rings is 1. The van der Waals surface area contributed by atoms with E-state index in [1.165, 1.54) is 10.5 Å². The highest BCUT2D eigenvalue weighted by atomic mass is 16.5. The Morgan fingerprint density at radius 1 is 1.12 bits per heavy atom. The zero-order valence-electron chi connectivity index (χ0n) is 14.9. The van der Waals surface area contributed by atoms with Gasteiger partial charge in [-0.1, -0.05) is 18.1 Å². The van der Waals surface area contributed by atoms with Crippen molar-refractivity contribution in [1.29, 1.82) is 0 Å². The van der Waals surface area contributed by atoms with Crippen LogP contribution in [-0.2, 0) is 11.3 Å². The summed E-state index contributed by atoms with van der Waals surface area (Å²) in [7, 11) is 0. The molecule has 4 rings (SSSR count). The van der Waals surface area contributed by atoms with Crippen LogP contribution in [0.25, 0.3) is 11.0 Å². The lowest BCUT2D eigenvalue weighted by Crippen LogP contribution is -2.49. The smallest absolute Gasteiger partial charge is 0.329 e. The number of amides is 3. The quantitative estimate of drug-likeness (QED) is 0.891. The van der Waals surface area contributed by atoms with Crippen molar-refractivity contribution in [2.45, 2.75) is 19.9 Å². The second-order valence-electron chi connectivity index (χ2n) is 6.80. The average molecular weight is 357 g/mol. The van der Waals surface area contributed by atoms with Crippen molar-refractivity contribution in [1.82, 2.24) is 20.3 Å². The molecule has 2 saturated heterocycles. The van der Waals surface area contributed by atoms with Crippen LogP contribution < -0.4 is 10.2 Å². The molecule has 0 saturated carbocycles. The van der Waals surface area contributed by atoms with Crippen LogP contribution in [-0.4, -0.2) is 66.2 Å². The van der Waals surface area contributed by atoms with Gasteiger partial charge in [0.25, 0.3) is 0 Å². The fourth-order valence-corrected chi connectivity index (χ4v) is 3.55. The number of aromatic nitrogens is 1. The van der Waals surface area contributed by atoms with E-state index in [1.807, 2.05) is 18.2 Å². The molecule has 3 amide bonds. The Kier molecular flexibility index (Phi) is 4.60. The maximum Gasteiger partial charge on any atom is 0.329 e. The number of rotatable bonds is 4. The van der Waals surface area contributed by atoms with E-state index in [0.29, 0.717) is 17.9 Å². The van der Waals surface area contributed by atoms with E-state index in [0.717, 1.165) is 44.7 Å². The molecule has 8 nitrogen and oxygen atoms in total. The van der Waals surface area contributed by atoms with E-state index in [9.17, 15) is 9.59 Å². The van der Waals surface area contributed by atoms with Gasteiger partial charge in [-0.2, -0.15) is 0 Å². The van der Waals surface area contributed by atoms with Gasteiger partial charge in [0.2, 0.25) is 5.91 Å². The van der Waals surface area contributed by atoms with Crippen molar-refractivity contribution in [3.05, 3.63) is 23.8 Å². The van der Waals surface area contributed by atoms with Gasteiger partial charge in [0.1, 0.15) is 0 Å². The molecule has 2 aliphatic rings. The number of hydrogen-bond donors (Lipinski definition) is 1. The third kappa shape index (κ3) is 3.30. The van der Waals surface area contributed by atoms with Gasteiger partial charge < -0.3 is 9.42 Å². The van der Waals surface area contributed by atoms with Gasteiger partial charge in [-0.3, -0.25) is 19.9 Å². The SMILES string of the molecule is CCN1CCN(Cc2ccc3onc(N4CCC(=O)NC4=O)c3c2)CC1. The third-order valence-corrected chi connectivity index (χ3v) is 5.14. The molecule has 2 fully saturated rings. The van der Waals surface area contributed by atoms with Gasteiger partial charge in [0.15, 0.2) is 11.4 Å². The van der Waals surface area contributed by atoms with Crippen molar-refractivity contribution in [2.75, 3.05) is 44.2 Å². The van der Waals surface area contributed by atoms with Crippen molar-refractivity contribution < 1.29 is 14.1 Å². The topological polar surface area (TPSA) is 81.9 Å². The molecule has 1 N–H and O–H groups in total. The maximum atomic E-state index is 12.1. The molecule has 0 unspecified atom stereocenters. The van der Waals surface area contributed by atoms with Gasteiger partial charge in [-0.15, -0.1) is 0 Å². The number of nitrogens with one attached hydrogen (secondary N) is 1. The Morgan fingerprint density at radius 2 is 1.88 bits per heavy atom. The Balaban J connectivity index is 1.53. The average Bonchev–Trinajstić information content (AvgIpc) is 3.05. The fraction of sp³-hybridized carbons (Fsp3) is 0.500. The van der Waals surface area contributed by atoms with Crippen LogP contribution in [0, 0.1) is 0 Å². The van der Waals surface area contributed by atoms with E-state index in [4.69, 9.17) is 4.52 Å². The molecule has 26 heavy (non-hydrogen) atoms. The molecular formula is C18H23N5O3. The summed E-state index contributed by atoms with van der Waals surface area (Å²) in [6, 6.07) is 5.54. The molecule has 3 heterocycles. The lowest BCUT2D eigenvalue weighted by molar-refractivity contribution is -0.120. The lowest BCUT2D eigenvalue weighted by Gasteiger charge is -2.34. The summed E-state index contributed by atoms with van der Waals surface area (Å²) in [5, 5.41) is 7.19. The number of nitrogens with zero attached hydrogens (tertiary/aromatic N) is 4. The maximum absolute atomic E-state index is 12.1. The molecule has 0 radical (unpaired) electrons. The summed E-state index contributed by atoms with van der Waals surface area (Å²) in [5.41, 5.74) is 1.81. The highest BCUT2D eigenvalue weighted by molar-refractivity contribution is 6.08. The van der Waals surface area contributed by atoms with Crippen molar-refractivity contribution in [3.63, 3.8) is 0 Å². The first kappa shape index (κ1) is 17.0. The van der Waals surface area contributed by atoms with Crippen LogP contribution in [0.3, 0.4) is 0 Å². The molecule has 0 bridgehead atoms. The number of fused-ring (bicyclic) bond motifs is 1. The van der Waals surface area contributed by atoms with Crippen LogP contribution in [0.15, 0.2) is 22.7 Å². The van der Waals surface area contributed by atoms with Gasteiger partial charge >= 0.3 is 6.03 Å². The third-order valence-electron chi connectivity index (χ3n) is 5.14. The number of anilines is 1. The summed E-state index contributed by atoms with van der Waals surface area (Å²) in [5.74, 6) is 0.216. The Hall–Kier alpha value is -2.45. The lowest BCUT2D eigenvalue weighted by atomic mass is 10.1. The summed E-state index contributed by atoms with van der Waals surface area (Å²) >= 11 is 0. The summed E-state index contributed by atoms with van der Waals surface area (Å²) in [6.45, 7) is 8.78. The zero-order valence-corrected chi connectivity index (χ0v) is 14.9. The van der Waals surface area contributed by atoms with Crippen LogP contribution in [0.4, 0.5) is 10.6 Å². The molecule has 1 aromatic heterocycles. The monoisotopic (exact) mass is 357 g/mol. The van der Waals surface area contributed by atoms with Gasteiger partial charge in [0.05, 0.1) is 5.39 Å². The predicted octanol–water partition coefficient (Wildman–Crippen LogP) is 1.41. The molecule has 8 heteroatoms. The number of likely N-dealkylation sites (N-methyl/N-ethyl adjacent to an activating group) is 1. The Morgan fingerprint density at radius 3 is 2.62 bits per heavy atom. The normalized spacial score (nSPS) is 20.0. The number of carbonyl (C=O) groups excluding carboxylic acids is 2. The minimum absolute atomic E-state index is 0.258. The first-order valence-electron chi connectivity index (χ1n) is 9.08. The first-order valence-corrected chi connectivity index (χ1v) is 9.08. The minimum atomic E-state index is -0.447. The highest BCUT2D eigenvalue weighted by Crippen LogP contribution is 2.28. The van der Waals surface area contributed by atoms with Gasteiger partial charge in [-0.25, -0.2) is 4.79 Å². The fourth-order valence-electron chi connectivity index (χ4n) is 3.55. The second kappa shape index (κ2) is 7.05. The Labute approximate surface area is 151 Å². The van der Waals surface area contributed by atoms with Crippen molar-refractivity contribution in [2.24, 2.45) is 0 Å². The second-order valence-corrected chi connectivity index (χ2v) is 6.80. The molecule has 0 atom stereocenters. The van der Waals surface area contributed by atoms with Crippen molar-refractivity contribution in [3.8, 4) is 0 Å². The number of urea groups is 1. The standard InChI is InChI=1S/C18H23N5O3/c1-2-21-7-9-22(10-8-21)12-13-3-4-15-14(11-13)17(20-26-15)23-6-5-16(24)19-18(23)25/h3-4,11H,2,5-10,12H2,1H3,(H,19,24,25). The first-order chi connectivity index (χ1) is 12.6. The number of hydrogen-bond acceptors (Lipinski definition) is 6. The van der Waals surface area contributed by atoms with Gasteiger partial charge in [0, 0.05) is 45.7 Å². The molecule has 0 spiro atoms. The van der Waals surface area contributed by atoms with E-state index in [-0.39, 0.29) is 12.3 Å². The molecule has 0 aliphatic carbocycles. The van der Waals surface area contributed by atoms with Gasteiger partial charge in [-0.05, 0) is 24.2 Å². The largest absolute Gasteiger partial charge is 0.354 e. The summed E-state index contributed by atoms with van der Waals surface area (Å²) in [6.07, 6.45) is 0.265. The number of carbonyl (C=O) groups is 2. The van der Waals surface area contributed by atoms with E-state index < -0.39 is 6.03 Å². The summed E-state index contributed by atoms with van der Waals surface area (Å²) in [4.78, 5) is 29.8. The van der Waals surface area contributed by atoms with Crippen LogP contribution in [0.1, 0.15) is 18.9 Å². The number of benzene rings is 1. The number of imide groups is 1. The van der Waals surface area contributed by atoms with E-state index in [2.05, 4.69) is 27.2 Å². The molecule has 138 valence electrons. The predicted molar refractivity (Wildman–Crippen MR) is 96.9 cm³/mol. The van der Waals surface area contributed by atoms with Crippen LogP contribution in [0.5, 0.6) is 0 Å². The molecule has 1 aromatic carbocycles. The van der Waals surface area contributed by atoms with Crippen LogP contribution >= 0.6 is 0 Å². The summed E-state index contributed by atoms with van der Waals surface area (Å²) < 4.78 is 5.37. The Bertz CT molecular complexity index is 825.